The molecule has 5 nitrogen and oxygen atoms in total. The van der Waals surface area contributed by atoms with Crippen molar-refractivity contribution in [2.24, 2.45) is 0 Å². The van der Waals surface area contributed by atoms with Gasteiger partial charge in [-0.15, -0.1) is 0 Å². The van der Waals surface area contributed by atoms with Gasteiger partial charge in [-0.1, -0.05) is 12.8 Å². The lowest BCUT2D eigenvalue weighted by molar-refractivity contribution is -0.119. The Kier molecular flexibility index (Phi) is 3.69. The summed E-state index contributed by atoms with van der Waals surface area (Å²) in [5.74, 6) is 0.165. The fourth-order valence-electron chi connectivity index (χ4n) is 4.11. The molecular weight excluding hydrogens is 312 g/mol. The van der Waals surface area contributed by atoms with Crippen molar-refractivity contribution in [1.82, 2.24) is 4.72 Å². The van der Waals surface area contributed by atoms with Crippen LogP contribution in [-0.2, 0) is 27.7 Å². The Labute approximate surface area is 137 Å². The third-order valence-electron chi connectivity index (χ3n) is 5.24. The number of rotatable bonds is 3. The summed E-state index contributed by atoms with van der Waals surface area (Å²) in [6.07, 6.45) is 6.92. The monoisotopic (exact) mass is 334 g/mol. The van der Waals surface area contributed by atoms with Crippen LogP contribution >= 0.6 is 0 Å². The van der Waals surface area contributed by atoms with Gasteiger partial charge >= 0.3 is 0 Å². The van der Waals surface area contributed by atoms with Crippen molar-refractivity contribution in [3.05, 3.63) is 23.3 Å². The number of nitrogens with zero attached hydrogens (tertiary/aromatic N) is 1. The maximum absolute atomic E-state index is 12.7. The zero-order chi connectivity index (χ0) is 16.0. The number of aryl methyl sites for hydroxylation is 2. The van der Waals surface area contributed by atoms with Crippen molar-refractivity contribution in [3.63, 3.8) is 0 Å². The molecule has 0 aromatic heterocycles. The highest BCUT2D eigenvalue weighted by Crippen LogP contribution is 2.37. The Morgan fingerprint density at radius 3 is 2.43 bits per heavy atom. The van der Waals surface area contributed by atoms with E-state index in [4.69, 9.17) is 0 Å². The second-order valence-corrected chi connectivity index (χ2v) is 8.56. The first kappa shape index (κ1) is 15.1. The van der Waals surface area contributed by atoms with E-state index >= 15 is 0 Å². The SMILES string of the molecule is O=C1CCc2cc(S(=O)(=O)NC3CCCC3)cc3c2N1CCC3. The lowest BCUT2D eigenvalue weighted by Crippen LogP contribution is -2.39. The van der Waals surface area contributed by atoms with Crippen LogP contribution in [0, 0.1) is 0 Å². The van der Waals surface area contributed by atoms with Gasteiger partial charge in [0.25, 0.3) is 0 Å². The van der Waals surface area contributed by atoms with Crippen molar-refractivity contribution in [3.8, 4) is 0 Å². The molecule has 1 fully saturated rings. The summed E-state index contributed by atoms with van der Waals surface area (Å²) in [4.78, 5) is 14.3. The summed E-state index contributed by atoms with van der Waals surface area (Å²) in [7, 11) is -3.47. The Bertz CT molecular complexity index is 734. The highest BCUT2D eigenvalue weighted by Gasteiger charge is 2.32. The maximum Gasteiger partial charge on any atom is 0.240 e. The number of benzene rings is 1. The molecule has 4 rings (SSSR count). The molecule has 2 aliphatic heterocycles. The Morgan fingerprint density at radius 2 is 1.70 bits per heavy atom. The van der Waals surface area contributed by atoms with Gasteiger partial charge in [0.1, 0.15) is 0 Å². The van der Waals surface area contributed by atoms with Crippen LogP contribution in [0.1, 0.15) is 49.7 Å². The molecule has 1 aromatic rings. The van der Waals surface area contributed by atoms with Crippen LogP contribution in [0.25, 0.3) is 0 Å². The minimum atomic E-state index is -3.47. The molecule has 1 aromatic carbocycles. The zero-order valence-corrected chi connectivity index (χ0v) is 14.0. The van der Waals surface area contributed by atoms with Gasteiger partial charge < -0.3 is 4.90 Å². The second-order valence-electron chi connectivity index (χ2n) is 6.84. The van der Waals surface area contributed by atoms with E-state index in [1.165, 1.54) is 0 Å². The Balaban J connectivity index is 1.72. The molecular formula is C17H22N2O3S. The minimum Gasteiger partial charge on any atom is -0.312 e. The minimum absolute atomic E-state index is 0.0745. The summed E-state index contributed by atoms with van der Waals surface area (Å²) in [6, 6.07) is 3.63. The van der Waals surface area contributed by atoms with Crippen LogP contribution in [0.15, 0.2) is 17.0 Å². The topological polar surface area (TPSA) is 66.5 Å². The van der Waals surface area contributed by atoms with E-state index in [0.29, 0.717) is 17.7 Å². The second kappa shape index (κ2) is 5.60. The fourth-order valence-corrected chi connectivity index (χ4v) is 5.51. The van der Waals surface area contributed by atoms with Crippen LogP contribution in [0.3, 0.4) is 0 Å². The number of amides is 1. The van der Waals surface area contributed by atoms with E-state index in [1.54, 1.807) is 12.1 Å². The molecule has 0 radical (unpaired) electrons. The molecule has 1 saturated carbocycles. The van der Waals surface area contributed by atoms with Crippen LogP contribution in [0.4, 0.5) is 5.69 Å². The van der Waals surface area contributed by atoms with Gasteiger partial charge in [0.05, 0.1) is 10.6 Å². The smallest absolute Gasteiger partial charge is 0.240 e. The molecule has 0 saturated heterocycles. The predicted octanol–water partition coefficient (Wildman–Crippen LogP) is 2.13. The average Bonchev–Trinajstić information content (AvgIpc) is 3.03. The van der Waals surface area contributed by atoms with Gasteiger partial charge in [0.15, 0.2) is 0 Å². The number of hydrogen-bond donors (Lipinski definition) is 1. The zero-order valence-electron chi connectivity index (χ0n) is 13.2. The lowest BCUT2D eigenvalue weighted by atomic mass is 9.92. The number of nitrogens with one attached hydrogen (secondary N) is 1. The number of carbonyl (C=O) groups excluding carboxylic acids is 1. The first-order valence-electron chi connectivity index (χ1n) is 8.53. The molecule has 1 aliphatic carbocycles. The first-order chi connectivity index (χ1) is 11.0. The Hall–Kier alpha value is -1.40. The van der Waals surface area contributed by atoms with Gasteiger partial charge in [-0.25, -0.2) is 13.1 Å². The first-order valence-corrected chi connectivity index (χ1v) is 10.0. The number of anilines is 1. The van der Waals surface area contributed by atoms with E-state index in [0.717, 1.165) is 61.9 Å². The fraction of sp³-hybridized carbons (Fsp3) is 0.588. The summed E-state index contributed by atoms with van der Waals surface area (Å²) in [6.45, 7) is 0.755. The third-order valence-corrected chi connectivity index (χ3v) is 6.74. The number of carbonyl (C=O) groups is 1. The average molecular weight is 334 g/mol. The van der Waals surface area contributed by atoms with Crippen molar-refractivity contribution >= 4 is 21.6 Å². The molecule has 0 spiro atoms. The third kappa shape index (κ3) is 2.68. The molecule has 0 bridgehead atoms. The van der Waals surface area contributed by atoms with E-state index in [1.807, 2.05) is 4.90 Å². The van der Waals surface area contributed by atoms with Crippen molar-refractivity contribution in [2.45, 2.75) is 62.3 Å². The molecule has 0 unspecified atom stereocenters. The highest BCUT2D eigenvalue weighted by molar-refractivity contribution is 7.89. The molecule has 1 amide bonds. The van der Waals surface area contributed by atoms with Crippen LogP contribution in [0.2, 0.25) is 0 Å². The van der Waals surface area contributed by atoms with Crippen molar-refractivity contribution in [2.75, 3.05) is 11.4 Å². The predicted molar refractivity (Wildman–Crippen MR) is 88.0 cm³/mol. The standard InChI is InChI=1S/C17H22N2O3S/c20-16-8-7-13-11-15(10-12-4-3-9-19(16)17(12)13)23(21,22)18-14-5-1-2-6-14/h10-11,14,18H,1-9H2. The van der Waals surface area contributed by atoms with E-state index in [2.05, 4.69) is 4.72 Å². The van der Waals surface area contributed by atoms with Gasteiger partial charge in [-0.2, -0.15) is 0 Å². The number of hydrogen-bond acceptors (Lipinski definition) is 3. The molecule has 2 heterocycles. The highest BCUT2D eigenvalue weighted by atomic mass is 32.2. The molecule has 124 valence electrons. The van der Waals surface area contributed by atoms with Crippen LogP contribution in [-0.4, -0.2) is 26.9 Å². The summed E-state index contributed by atoms with van der Waals surface area (Å²) >= 11 is 0. The maximum atomic E-state index is 12.7. The largest absolute Gasteiger partial charge is 0.312 e. The van der Waals surface area contributed by atoms with E-state index < -0.39 is 10.0 Å². The normalized spacial score (nSPS) is 21.6. The van der Waals surface area contributed by atoms with Crippen LogP contribution < -0.4 is 9.62 Å². The summed E-state index contributed by atoms with van der Waals surface area (Å²) in [5, 5.41) is 0. The van der Waals surface area contributed by atoms with E-state index in [9.17, 15) is 13.2 Å². The van der Waals surface area contributed by atoms with Crippen LogP contribution in [0.5, 0.6) is 0 Å². The summed E-state index contributed by atoms with van der Waals surface area (Å²) in [5.41, 5.74) is 2.99. The van der Waals surface area contributed by atoms with Gasteiger partial charge in [0, 0.05) is 19.0 Å². The molecule has 23 heavy (non-hydrogen) atoms. The van der Waals surface area contributed by atoms with Gasteiger partial charge in [-0.3, -0.25) is 4.79 Å². The van der Waals surface area contributed by atoms with Gasteiger partial charge in [0.2, 0.25) is 15.9 Å². The lowest BCUT2D eigenvalue weighted by Gasteiger charge is -2.35. The van der Waals surface area contributed by atoms with E-state index in [-0.39, 0.29) is 11.9 Å². The molecule has 3 aliphatic rings. The Morgan fingerprint density at radius 1 is 1.00 bits per heavy atom. The number of sulfonamides is 1. The quantitative estimate of drug-likeness (QED) is 0.921. The van der Waals surface area contributed by atoms with Crippen molar-refractivity contribution in [1.29, 1.82) is 0 Å². The van der Waals surface area contributed by atoms with Crippen molar-refractivity contribution < 1.29 is 13.2 Å². The summed E-state index contributed by atoms with van der Waals surface area (Å²) < 4.78 is 28.3. The molecule has 0 atom stereocenters. The van der Waals surface area contributed by atoms with Gasteiger partial charge in [-0.05, 0) is 55.4 Å². The molecule has 1 N–H and O–H groups in total. The molecule has 6 heteroatoms.